The van der Waals surface area contributed by atoms with Gasteiger partial charge in [0.05, 0.1) is 30.2 Å². The van der Waals surface area contributed by atoms with Crippen molar-refractivity contribution >= 4 is 29.0 Å². The van der Waals surface area contributed by atoms with Crippen LogP contribution in [-0.4, -0.2) is 57.1 Å². The van der Waals surface area contributed by atoms with Crippen molar-refractivity contribution in [3.8, 4) is 0 Å². The lowest BCUT2D eigenvalue weighted by atomic mass is 9.75. The van der Waals surface area contributed by atoms with Gasteiger partial charge in [-0.15, -0.1) is 0 Å². The van der Waals surface area contributed by atoms with Gasteiger partial charge in [0.2, 0.25) is 0 Å². The summed E-state index contributed by atoms with van der Waals surface area (Å²) in [5.41, 5.74) is -2.23. The van der Waals surface area contributed by atoms with E-state index in [2.05, 4.69) is 20.1 Å². The van der Waals surface area contributed by atoms with Crippen LogP contribution >= 0.6 is 0 Å². The average molecular weight is 501 g/mol. The van der Waals surface area contributed by atoms with Gasteiger partial charge < -0.3 is 9.69 Å². The third-order valence-corrected chi connectivity index (χ3v) is 6.15. The van der Waals surface area contributed by atoms with Crippen LogP contribution in [0, 0.1) is 5.41 Å². The fourth-order valence-corrected chi connectivity index (χ4v) is 4.27. The maximum atomic E-state index is 15.1. The minimum Gasteiger partial charge on any atom is -0.355 e. The van der Waals surface area contributed by atoms with Gasteiger partial charge in [-0.3, -0.25) is 4.98 Å². The fraction of sp³-hybridized carbons (Fsp3) is 0.476. The molecule has 1 fully saturated rings. The lowest BCUT2D eigenvalue weighted by Crippen LogP contribution is -2.45. The van der Waals surface area contributed by atoms with Crippen LogP contribution in [0.5, 0.6) is 0 Å². The second-order valence-electron chi connectivity index (χ2n) is 8.42. The average Bonchev–Trinajstić information content (AvgIpc) is 3.20. The number of rotatable bonds is 8. The number of carbonyl (C=O) groups is 1. The summed E-state index contributed by atoms with van der Waals surface area (Å²) in [5.74, 6) is 0.402. The molecule has 0 saturated carbocycles. The fourth-order valence-electron chi connectivity index (χ4n) is 4.27. The molecule has 0 amide bonds. The van der Waals surface area contributed by atoms with Gasteiger partial charge in [0, 0.05) is 37.3 Å². The highest BCUT2D eigenvalue weighted by atomic mass is 19.4. The maximum absolute atomic E-state index is 15.1. The molecule has 3 aromatic rings. The molecule has 0 unspecified atom stereocenters. The van der Waals surface area contributed by atoms with Gasteiger partial charge in [0.1, 0.15) is 24.2 Å². The van der Waals surface area contributed by atoms with Gasteiger partial charge in [0.25, 0.3) is 6.43 Å². The summed E-state index contributed by atoms with van der Waals surface area (Å²) >= 11 is 0. The van der Waals surface area contributed by atoms with E-state index >= 15 is 4.48 Å². The van der Waals surface area contributed by atoms with Gasteiger partial charge >= 0.3 is 6.18 Å². The molecule has 0 radical (unpaired) electrons. The maximum Gasteiger partial charge on any atom is 0.419 e. The van der Waals surface area contributed by atoms with E-state index in [1.165, 1.54) is 12.4 Å². The Morgan fingerprint density at radius 3 is 2.57 bits per heavy atom. The van der Waals surface area contributed by atoms with Crippen LogP contribution in [0.15, 0.2) is 30.9 Å². The number of aromatic nitrogens is 5. The van der Waals surface area contributed by atoms with E-state index in [1.54, 1.807) is 0 Å². The molecule has 35 heavy (non-hydrogen) atoms. The van der Waals surface area contributed by atoms with E-state index in [-0.39, 0.29) is 30.0 Å². The quantitative estimate of drug-likeness (QED) is 0.262. The minimum absolute atomic E-state index is 0.0262. The SMILES string of the molecule is O=CCC1(CN(F)c2ccncc2C(F)(F)F)CCN(c2cnc3cnn(CC(F)F)c3n2)CC1. The number of carbonyl (C=O) groups excluding carboxylic acids is 1. The number of anilines is 2. The van der Waals surface area contributed by atoms with Crippen molar-refractivity contribution in [3.63, 3.8) is 0 Å². The topological polar surface area (TPSA) is 80.0 Å². The Hall–Kier alpha value is -3.45. The van der Waals surface area contributed by atoms with E-state index in [0.29, 0.717) is 36.9 Å². The first-order valence-electron chi connectivity index (χ1n) is 10.7. The van der Waals surface area contributed by atoms with Crippen molar-refractivity contribution in [1.82, 2.24) is 24.7 Å². The van der Waals surface area contributed by atoms with Crippen molar-refractivity contribution < 1.29 is 31.2 Å². The molecule has 0 N–H and O–H groups in total. The minimum atomic E-state index is -4.79. The van der Waals surface area contributed by atoms with Gasteiger partial charge in [0.15, 0.2) is 5.65 Å². The normalized spacial score (nSPS) is 16.1. The van der Waals surface area contributed by atoms with Crippen molar-refractivity contribution in [3.05, 3.63) is 36.4 Å². The number of pyridine rings is 1. The molecule has 1 aliphatic rings. The molecule has 4 heterocycles. The van der Waals surface area contributed by atoms with Crippen molar-refractivity contribution in [2.45, 2.75) is 38.4 Å². The summed E-state index contributed by atoms with van der Waals surface area (Å²) in [5, 5.41) is 3.90. The smallest absolute Gasteiger partial charge is 0.355 e. The predicted octanol–water partition coefficient (Wildman–Crippen LogP) is 4.07. The third kappa shape index (κ3) is 5.30. The highest BCUT2D eigenvalue weighted by molar-refractivity contribution is 5.71. The van der Waals surface area contributed by atoms with E-state index in [1.807, 2.05) is 4.90 Å². The predicted molar refractivity (Wildman–Crippen MR) is 114 cm³/mol. The van der Waals surface area contributed by atoms with Crippen molar-refractivity contribution in [1.29, 1.82) is 0 Å². The molecule has 8 nitrogen and oxygen atoms in total. The number of nitrogens with zero attached hydrogens (tertiary/aromatic N) is 7. The Kier molecular flexibility index (Phi) is 6.81. The molecule has 0 spiro atoms. The van der Waals surface area contributed by atoms with Crippen LogP contribution in [0.4, 0.5) is 37.9 Å². The van der Waals surface area contributed by atoms with Crippen LogP contribution in [0.25, 0.3) is 11.2 Å². The Labute approximate surface area is 195 Å². The standard InChI is InChI=1S/C21H21F6N7O/c22-17(23)12-34-19-15(10-30-34)29-11-18(31-19)32-6-2-20(3-7-32,4-8-35)13-33(27)16-1-5-28-9-14(16)21(24,25)26/h1,5,8-11,17H,2-4,6-7,12-13H2. The molecule has 1 saturated heterocycles. The third-order valence-electron chi connectivity index (χ3n) is 6.15. The highest BCUT2D eigenvalue weighted by Gasteiger charge is 2.40. The number of hydrogen-bond acceptors (Lipinski definition) is 7. The number of halogens is 6. The molecular weight excluding hydrogens is 480 g/mol. The Morgan fingerprint density at radius 1 is 1.17 bits per heavy atom. The first-order chi connectivity index (χ1) is 16.6. The van der Waals surface area contributed by atoms with E-state index in [0.717, 1.165) is 16.9 Å². The Morgan fingerprint density at radius 2 is 1.91 bits per heavy atom. The summed E-state index contributed by atoms with van der Waals surface area (Å²) in [6.07, 6.45) is -1.81. The summed E-state index contributed by atoms with van der Waals surface area (Å²) in [6.45, 7) is -0.426. The van der Waals surface area contributed by atoms with Crippen LogP contribution < -0.4 is 10.0 Å². The summed E-state index contributed by atoms with van der Waals surface area (Å²) < 4.78 is 81.6. The van der Waals surface area contributed by atoms with E-state index < -0.39 is 42.4 Å². The van der Waals surface area contributed by atoms with Crippen LogP contribution in [-0.2, 0) is 17.5 Å². The molecule has 0 aromatic carbocycles. The second-order valence-corrected chi connectivity index (χ2v) is 8.42. The number of fused-ring (bicyclic) bond motifs is 1. The second kappa shape index (κ2) is 9.66. The summed E-state index contributed by atoms with van der Waals surface area (Å²) in [4.78, 5) is 25.2. The Bertz CT molecular complexity index is 1180. The van der Waals surface area contributed by atoms with Crippen LogP contribution in [0.3, 0.4) is 0 Å². The first kappa shape index (κ1) is 24.7. The van der Waals surface area contributed by atoms with Gasteiger partial charge in [-0.1, -0.05) is 4.48 Å². The largest absolute Gasteiger partial charge is 0.419 e. The molecule has 4 rings (SSSR count). The highest BCUT2D eigenvalue weighted by Crippen LogP contribution is 2.41. The van der Waals surface area contributed by atoms with E-state index in [4.69, 9.17) is 0 Å². The molecule has 14 heteroatoms. The van der Waals surface area contributed by atoms with Crippen LogP contribution in [0.2, 0.25) is 0 Å². The van der Waals surface area contributed by atoms with Gasteiger partial charge in [-0.25, -0.2) is 28.6 Å². The number of aldehydes is 1. The lowest BCUT2D eigenvalue weighted by Gasteiger charge is -2.42. The molecular formula is C21H21F6N7O. The zero-order chi connectivity index (χ0) is 25.2. The van der Waals surface area contributed by atoms with Crippen molar-refractivity contribution in [2.24, 2.45) is 5.41 Å². The van der Waals surface area contributed by atoms with Gasteiger partial charge in [-0.05, 0) is 18.9 Å². The molecule has 0 atom stereocenters. The number of alkyl halides is 5. The number of hydrogen-bond donors (Lipinski definition) is 0. The number of piperidine rings is 1. The van der Waals surface area contributed by atoms with Gasteiger partial charge in [-0.2, -0.15) is 18.3 Å². The van der Waals surface area contributed by atoms with Crippen LogP contribution in [0.1, 0.15) is 24.8 Å². The molecule has 0 bridgehead atoms. The zero-order valence-corrected chi connectivity index (χ0v) is 18.3. The molecule has 188 valence electrons. The monoisotopic (exact) mass is 501 g/mol. The molecule has 3 aromatic heterocycles. The Balaban J connectivity index is 1.51. The van der Waals surface area contributed by atoms with E-state index in [9.17, 15) is 26.7 Å². The molecule has 1 aliphatic heterocycles. The first-order valence-corrected chi connectivity index (χ1v) is 10.7. The summed E-state index contributed by atoms with van der Waals surface area (Å²) in [6, 6.07) is 0.944. The van der Waals surface area contributed by atoms with Crippen molar-refractivity contribution in [2.75, 3.05) is 29.7 Å². The lowest BCUT2D eigenvalue weighted by molar-refractivity contribution is -0.137. The summed E-state index contributed by atoms with van der Waals surface area (Å²) in [7, 11) is 0. The zero-order valence-electron chi connectivity index (χ0n) is 18.3. The molecule has 0 aliphatic carbocycles.